The van der Waals surface area contributed by atoms with E-state index in [-0.39, 0.29) is 5.82 Å². The molecule has 3 rings (SSSR count). The lowest BCUT2D eigenvalue weighted by atomic mass is 10.2. The number of aromatic nitrogens is 3. The smallest absolute Gasteiger partial charge is 0.196 e. The van der Waals surface area contributed by atoms with Crippen LogP contribution in [0.25, 0.3) is 5.69 Å². The molecule has 0 aliphatic heterocycles. The fraction of sp³-hybridized carbons (Fsp3) is 0.176. The van der Waals surface area contributed by atoms with Crippen molar-refractivity contribution in [1.29, 1.82) is 0 Å². The number of thioether (sulfide) groups is 1. The van der Waals surface area contributed by atoms with E-state index in [4.69, 9.17) is 0 Å². The Bertz CT molecular complexity index is 781. The summed E-state index contributed by atoms with van der Waals surface area (Å²) in [6.45, 7) is 3.97. The monoisotopic (exact) mass is 313 g/mol. The van der Waals surface area contributed by atoms with Gasteiger partial charge in [-0.2, -0.15) is 0 Å². The van der Waals surface area contributed by atoms with Gasteiger partial charge in [-0.3, -0.25) is 4.57 Å². The first-order chi connectivity index (χ1) is 10.6. The Labute approximate surface area is 133 Å². The van der Waals surface area contributed by atoms with E-state index in [0.717, 1.165) is 16.7 Å². The summed E-state index contributed by atoms with van der Waals surface area (Å²) < 4.78 is 15.7. The molecule has 1 aromatic heterocycles. The van der Waals surface area contributed by atoms with Crippen LogP contribution in [0.1, 0.15) is 17.0 Å². The van der Waals surface area contributed by atoms with Gasteiger partial charge in [-0.1, -0.05) is 47.7 Å². The minimum Gasteiger partial charge on any atom is -0.274 e. The molecule has 22 heavy (non-hydrogen) atoms. The molecule has 0 unspecified atom stereocenters. The molecular formula is C17H16FN3S. The summed E-state index contributed by atoms with van der Waals surface area (Å²) in [5, 5.41) is 9.13. The molecule has 112 valence electrons. The number of halogens is 1. The quantitative estimate of drug-likeness (QED) is 0.672. The van der Waals surface area contributed by atoms with Gasteiger partial charge < -0.3 is 0 Å². The predicted octanol–water partition coefficient (Wildman–Crippen LogP) is 4.32. The molecule has 0 aliphatic carbocycles. The lowest BCUT2D eigenvalue weighted by Gasteiger charge is -2.09. The van der Waals surface area contributed by atoms with Crippen molar-refractivity contribution >= 4 is 11.8 Å². The van der Waals surface area contributed by atoms with Crippen LogP contribution in [0.15, 0.2) is 53.7 Å². The van der Waals surface area contributed by atoms with E-state index in [0.29, 0.717) is 11.3 Å². The minimum atomic E-state index is -0.187. The van der Waals surface area contributed by atoms with Crippen molar-refractivity contribution in [3.8, 4) is 5.69 Å². The Balaban J connectivity index is 1.86. The maximum atomic E-state index is 13.7. The highest BCUT2D eigenvalue weighted by Gasteiger charge is 2.12. The number of nitrogens with zero attached hydrogens (tertiary/aromatic N) is 3. The second kappa shape index (κ2) is 6.32. The fourth-order valence-corrected chi connectivity index (χ4v) is 3.17. The molecule has 0 fully saturated rings. The van der Waals surface area contributed by atoms with E-state index in [2.05, 4.69) is 29.3 Å². The van der Waals surface area contributed by atoms with Crippen LogP contribution < -0.4 is 0 Å². The molecule has 0 spiro atoms. The van der Waals surface area contributed by atoms with Crippen molar-refractivity contribution in [2.24, 2.45) is 0 Å². The second-order valence-electron chi connectivity index (χ2n) is 5.08. The highest BCUT2D eigenvalue weighted by Crippen LogP contribution is 2.26. The number of hydrogen-bond acceptors (Lipinski definition) is 3. The lowest BCUT2D eigenvalue weighted by Crippen LogP contribution is -1.99. The van der Waals surface area contributed by atoms with E-state index in [9.17, 15) is 4.39 Å². The molecule has 3 aromatic rings. The molecule has 0 bridgehead atoms. The van der Waals surface area contributed by atoms with E-state index < -0.39 is 0 Å². The molecule has 0 saturated heterocycles. The Morgan fingerprint density at radius 3 is 2.45 bits per heavy atom. The zero-order valence-corrected chi connectivity index (χ0v) is 13.3. The third-order valence-corrected chi connectivity index (χ3v) is 4.38. The first-order valence-corrected chi connectivity index (χ1v) is 7.99. The summed E-state index contributed by atoms with van der Waals surface area (Å²) in [5.74, 6) is 1.16. The van der Waals surface area contributed by atoms with E-state index in [1.165, 1.54) is 23.4 Å². The fourth-order valence-electron chi connectivity index (χ4n) is 2.19. The normalized spacial score (nSPS) is 10.9. The molecule has 0 amide bonds. The van der Waals surface area contributed by atoms with E-state index in [1.807, 2.05) is 29.7 Å². The summed E-state index contributed by atoms with van der Waals surface area (Å²) >= 11 is 1.48. The maximum absolute atomic E-state index is 13.7. The highest BCUT2D eigenvalue weighted by molar-refractivity contribution is 7.98. The second-order valence-corrected chi connectivity index (χ2v) is 6.02. The Kier molecular flexibility index (Phi) is 4.24. The summed E-state index contributed by atoms with van der Waals surface area (Å²) in [7, 11) is 0. The van der Waals surface area contributed by atoms with Gasteiger partial charge in [0, 0.05) is 11.4 Å². The molecule has 0 atom stereocenters. The first kappa shape index (κ1) is 14.8. The molecule has 3 nitrogen and oxygen atoms in total. The summed E-state index contributed by atoms with van der Waals surface area (Å²) in [6.07, 6.45) is 0. The maximum Gasteiger partial charge on any atom is 0.196 e. The van der Waals surface area contributed by atoms with Gasteiger partial charge in [-0.05, 0) is 37.6 Å². The lowest BCUT2D eigenvalue weighted by molar-refractivity contribution is 0.617. The SMILES string of the molecule is Cc1ccc(-n2c(C)nnc2SCc2ccccc2F)cc1. The van der Waals surface area contributed by atoms with Gasteiger partial charge in [-0.15, -0.1) is 10.2 Å². The largest absolute Gasteiger partial charge is 0.274 e. The zero-order chi connectivity index (χ0) is 15.5. The van der Waals surface area contributed by atoms with Crippen molar-refractivity contribution in [3.63, 3.8) is 0 Å². The van der Waals surface area contributed by atoms with E-state index >= 15 is 0 Å². The average molecular weight is 313 g/mol. The Morgan fingerprint density at radius 2 is 1.73 bits per heavy atom. The molecule has 0 radical (unpaired) electrons. The van der Waals surface area contributed by atoms with E-state index in [1.54, 1.807) is 12.1 Å². The minimum absolute atomic E-state index is 0.187. The van der Waals surface area contributed by atoms with Crippen LogP contribution in [0.5, 0.6) is 0 Å². The van der Waals surface area contributed by atoms with Gasteiger partial charge in [0.2, 0.25) is 0 Å². The van der Waals surface area contributed by atoms with Gasteiger partial charge in [-0.25, -0.2) is 4.39 Å². The van der Waals surface area contributed by atoms with Crippen LogP contribution in [0.4, 0.5) is 4.39 Å². The predicted molar refractivity (Wildman–Crippen MR) is 86.8 cm³/mol. The third-order valence-electron chi connectivity index (χ3n) is 3.40. The van der Waals surface area contributed by atoms with Gasteiger partial charge in [0.15, 0.2) is 5.16 Å². The van der Waals surface area contributed by atoms with Crippen LogP contribution in [0.3, 0.4) is 0 Å². The van der Waals surface area contributed by atoms with Gasteiger partial charge in [0.25, 0.3) is 0 Å². The van der Waals surface area contributed by atoms with Gasteiger partial charge in [0.05, 0.1) is 0 Å². The van der Waals surface area contributed by atoms with Crippen LogP contribution in [-0.4, -0.2) is 14.8 Å². The molecule has 0 N–H and O–H groups in total. The first-order valence-electron chi connectivity index (χ1n) is 7.00. The molecule has 5 heteroatoms. The Morgan fingerprint density at radius 1 is 1.00 bits per heavy atom. The summed E-state index contributed by atoms with van der Waals surface area (Å²) in [4.78, 5) is 0. The molecule has 0 saturated carbocycles. The molecule has 0 aliphatic rings. The number of rotatable bonds is 4. The number of aryl methyl sites for hydroxylation is 2. The Hall–Kier alpha value is -2.14. The highest BCUT2D eigenvalue weighted by atomic mass is 32.2. The van der Waals surface area contributed by atoms with Gasteiger partial charge in [0.1, 0.15) is 11.6 Å². The number of benzene rings is 2. The zero-order valence-electron chi connectivity index (χ0n) is 12.5. The van der Waals surface area contributed by atoms with Crippen LogP contribution in [0.2, 0.25) is 0 Å². The van der Waals surface area contributed by atoms with Crippen molar-refractivity contribution in [2.75, 3.05) is 0 Å². The van der Waals surface area contributed by atoms with Crippen LogP contribution in [0, 0.1) is 19.7 Å². The topological polar surface area (TPSA) is 30.7 Å². The number of hydrogen-bond donors (Lipinski definition) is 0. The van der Waals surface area contributed by atoms with Crippen molar-refractivity contribution in [2.45, 2.75) is 24.8 Å². The standard InChI is InChI=1S/C17H16FN3S/c1-12-7-9-15(10-8-12)21-13(2)19-20-17(21)22-11-14-5-3-4-6-16(14)18/h3-10H,11H2,1-2H3. The van der Waals surface area contributed by atoms with Crippen molar-refractivity contribution < 1.29 is 4.39 Å². The summed E-state index contributed by atoms with van der Waals surface area (Å²) in [5.41, 5.74) is 2.89. The van der Waals surface area contributed by atoms with Gasteiger partial charge >= 0.3 is 0 Å². The average Bonchev–Trinajstić information content (AvgIpc) is 2.88. The van der Waals surface area contributed by atoms with Crippen LogP contribution in [-0.2, 0) is 5.75 Å². The van der Waals surface area contributed by atoms with Crippen molar-refractivity contribution in [3.05, 3.63) is 71.3 Å². The van der Waals surface area contributed by atoms with Crippen LogP contribution >= 0.6 is 11.8 Å². The van der Waals surface area contributed by atoms with Crippen molar-refractivity contribution in [1.82, 2.24) is 14.8 Å². The summed E-state index contributed by atoms with van der Waals surface area (Å²) in [6, 6.07) is 15.0. The third kappa shape index (κ3) is 3.04. The molecule has 2 aromatic carbocycles. The molecular weight excluding hydrogens is 297 g/mol. The molecule has 1 heterocycles.